The molecule has 48 heavy (non-hydrogen) atoms. The van der Waals surface area contributed by atoms with E-state index >= 15 is 0 Å². The zero-order valence-corrected chi connectivity index (χ0v) is 26.8. The van der Waals surface area contributed by atoms with Crippen molar-refractivity contribution in [1.29, 1.82) is 0 Å². The van der Waals surface area contributed by atoms with Crippen molar-refractivity contribution in [1.82, 2.24) is 14.5 Å². The first-order valence-electron chi connectivity index (χ1n) is 16.6. The van der Waals surface area contributed by atoms with Gasteiger partial charge in [-0.25, -0.2) is 9.97 Å². The maximum Gasteiger partial charge on any atom is 0.162 e. The number of fused-ring (bicyclic) bond motifs is 4. The molecule has 0 atom stereocenters. The van der Waals surface area contributed by atoms with E-state index in [-0.39, 0.29) is 5.41 Å². The van der Waals surface area contributed by atoms with Crippen LogP contribution < -0.4 is 0 Å². The van der Waals surface area contributed by atoms with Gasteiger partial charge in [0.25, 0.3) is 0 Å². The number of hydrogen-bond acceptors (Lipinski definition) is 2. The van der Waals surface area contributed by atoms with Gasteiger partial charge in [-0.2, -0.15) is 0 Å². The van der Waals surface area contributed by atoms with Crippen LogP contribution in [-0.4, -0.2) is 14.5 Å². The monoisotopic (exact) mass is 613 g/mol. The molecule has 0 bridgehead atoms. The van der Waals surface area contributed by atoms with E-state index in [1.807, 2.05) is 0 Å². The minimum absolute atomic E-state index is 0.191. The molecule has 7 aromatic carbocycles. The summed E-state index contributed by atoms with van der Waals surface area (Å²) in [6, 6.07) is 54.3. The largest absolute Gasteiger partial charge is 0.293 e. The highest BCUT2D eigenvalue weighted by Crippen LogP contribution is 2.54. The highest BCUT2D eigenvalue weighted by atomic mass is 15.1. The highest BCUT2D eigenvalue weighted by molar-refractivity contribution is 6.26. The van der Waals surface area contributed by atoms with Crippen LogP contribution in [0.5, 0.6) is 0 Å². The summed E-state index contributed by atoms with van der Waals surface area (Å²) in [5.41, 5.74) is 12.9. The molecule has 0 aliphatic heterocycles. The maximum absolute atomic E-state index is 5.41. The van der Waals surface area contributed by atoms with Crippen LogP contribution in [0.1, 0.15) is 25.0 Å². The van der Waals surface area contributed by atoms with Gasteiger partial charge in [-0.05, 0) is 56.3 Å². The zero-order valence-electron chi connectivity index (χ0n) is 26.8. The minimum atomic E-state index is -0.191. The molecule has 1 aliphatic rings. The minimum Gasteiger partial charge on any atom is -0.293 e. The van der Waals surface area contributed by atoms with Crippen LogP contribution in [0.25, 0.3) is 83.3 Å². The second-order valence-corrected chi connectivity index (χ2v) is 13.4. The second-order valence-electron chi connectivity index (χ2n) is 13.4. The summed E-state index contributed by atoms with van der Waals surface area (Å²) >= 11 is 0. The third kappa shape index (κ3) is 3.82. The van der Waals surface area contributed by atoms with Crippen molar-refractivity contribution in [2.75, 3.05) is 0 Å². The Kier molecular flexibility index (Phi) is 5.63. The third-order valence-electron chi connectivity index (χ3n) is 10.3. The summed E-state index contributed by atoms with van der Waals surface area (Å²) in [6.45, 7) is 4.74. The maximum atomic E-state index is 5.41. The highest BCUT2D eigenvalue weighted by Gasteiger charge is 2.39. The van der Waals surface area contributed by atoms with Crippen molar-refractivity contribution >= 4 is 32.6 Å². The lowest BCUT2D eigenvalue weighted by Gasteiger charge is -2.24. The third-order valence-corrected chi connectivity index (χ3v) is 10.3. The molecule has 0 saturated carbocycles. The average molecular weight is 614 g/mol. The molecule has 3 nitrogen and oxygen atoms in total. The average Bonchev–Trinajstić information content (AvgIpc) is 3.61. The summed E-state index contributed by atoms with van der Waals surface area (Å²) < 4.78 is 2.42. The van der Waals surface area contributed by atoms with Crippen LogP contribution >= 0.6 is 0 Å². The van der Waals surface area contributed by atoms with Crippen molar-refractivity contribution in [2.45, 2.75) is 19.3 Å². The molecule has 3 heteroatoms. The molecule has 0 radical (unpaired) electrons. The number of rotatable bonds is 4. The van der Waals surface area contributed by atoms with E-state index in [4.69, 9.17) is 9.97 Å². The Labute approximate surface area is 279 Å². The van der Waals surface area contributed by atoms with Gasteiger partial charge in [0.05, 0.1) is 16.7 Å². The van der Waals surface area contributed by atoms with E-state index < -0.39 is 0 Å². The van der Waals surface area contributed by atoms with E-state index in [1.165, 1.54) is 60.4 Å². The predicted molar refractivity (Wildman–Crippen MR) is 199 cm³/mol. The molecule has 0 spiro atoms. The van der Waals surface area contributed by atoms with Crippen LogP contribution in [0.4, 0.5) is 0 Å². The smallest absolute Gasteiger partial charge is 0.162 e. The van der Waals surface area contributed by atoms with Gasteiger partial charge in [0.15, 0.2) is 5.82 Å². The Bertz CT molecular complexity index is 2670. The number of aromatic nitrogens is 3. The van der Waals surface area contributed by atoms with E-state index in [0.717, 1.165) is 28.2 Å². The van der Waals surface area contributed by atoms with Gasteiger partial charge in [0.1, 0.15) is 5.82 Å². The molecule has 0 N–H and O–H groups in total. The van der Waals surface area contributed by atoms with Crippen molar-refractivity contribution in [3.63, 3.8) is 0 Å². The molecule has 2 aromatic heterocycles. The van der Waals surface area contributed by atoms with E-state index in [9.17, 15) is 0 Å². The molecule has 0 fully saturated rings. The molecular formula is C45H31N3. The summed E-state index contributed by atoms with van der Waals surface area (Å²) in [7, 11) is 0. The van der Waals surface area contributed by atoms with Crippen molar-refractivity contribution in [2.24, 2.45) is 0 Å². The quantitative estimate of drug-likeness (QED) is 0.185. The van der Waals surface area contributed by atoms with Gasteiger partial charge in [-0.3, -0.25) is 4.57 Å². The zero-order chi connectivity index (χ0) is 32.0. The lowest BCUT2D eigenvalue weighted by atomic mass is 9.81. The number of nitrogens with zero attached hydrogens (tertiary/aromatic N) is 3. The standard InChI is InChI=1S/C45H31N3/c1-45(2)36-18-10-9-17-34(36)35-26-33-25-22-31-16-11-19-38-40(31)41(33)43(42(35)45)48(38)39-27-37(30-14-7-4-8-15-30)46-44(47-39)32-23-20-29(21-24-32)28-12-5-3-6-13-28/h3-27H,1-2H3. The molecule has 0 unspecified atom stereocenters. The first-order valence-corrected chi connectivity index (χ1v) is 16.6. The predicted octanol–water partition coefficient (Wildman–Crippen LogP) is 11.5. The lowest BCUT2D eigenvalue weighted by Crippen LogP contribution is -2.17. The van der Waals surface area contributed by atoms with E-state index in [1.54, 1.807) is 0 Å². The number of benzene rings is 7. The Morgan fingerprint density at radius 1 is 0.500 bits per heavy atom. The Morgan fingerprint density at radius 2 is 1.17 bits per heavy atom. The van der Waals surface area contributed by atoms with Gasteiger partial charge >= 0.3 is 0 Å². The van der Waals surface area contributed by atoms with E-state index in [0.29, 0.717) is 5.82 Å². The second kappa shape index (κ2) is 9.97. The van der Waals surface area contributed by atoms with E-state index in [2.05, 4.69) is 170 Å². The van der Waals surface area contributed by atoms with Gasteiger partial charge in [-0.1, -0.05) is 147 Å². The van der Waals surface area contributed by atoms with Crippen LogP contribution in [-0.2, 0) is 5.41 Å². The first-order chi connectivity index (χ1) is 23.6. The van der Waals surface area contributed by atoms with Gasteiger partial charge in [0, 0.05) is 33.4 Å². The molecule has 0 amide bonds. The molecule has 2 heterocycles. The molecule has 10 rings (SSSR count). The fourth-order valence-electron chi connectivity index (χ4n) is 8.12. The van der Waals surface area contributed by atoms with Crippen LogP contribution in [0.2, 0.25) is 0 Å². The van der Waals surface area contributed by atoms with Crippen molar-refractivity contribution < 1.29 is 0 Å². The van der Waals surface area contributed by atoms with Crippen LogP contribution in [0, 0.1) is 0 Å². The van der Waals surface area contributed by atoms with Gasteiger partial charge < -0.3 is 0 Å². The van der Waals surface area contributed by atoms with Crippen molar-refractivity contribution in [3.05, 3.63) is 163 Å². The fourth-order valence-corrected chi connectivity index (χ4v) is 8.12. The summed E-state index contributed by atoms with van der Waals surface area (Å²) in [5, 5.41) is 5.09. The van der Waals surface area contributed by atoms with Crippen molar-refractivity contribution in [3.8, 4) is 50.7 Å². The Morgan fingerprint density at radius 3 is 1.96 bits per heavy atom. The molecule has 0 saturated heterocycles. The lowest BCUT2D eigenvalue weighted by molar-refractivity contribution is 0.664. The molecule has 226 valence electrons. The van der Waals surface area contributed by atoms with Gasteiger partial charge in [0.2, 0.25) is 0 Å². The molecule has 9 aromatic rings. The normalized spacial score (nSPS) is 13.4. The molecule has 1 aliphatic carbocycles. The van der Waals surface area contributed by atoms with Crippen LogP contribution in [0.3, 0.4) is 0 Å². The fraction of sp³-hybridized carbons (Fsp3) is 0.0667. The Hall–Kier alpha value is -6.06. The van der Waals surface area contributed by atoms with Gasteiger partial charge in [-0.15, -0.1) is 0 Å². The Balaban J connectivity index is 1.29. The SMILES string of the molecule is CC1(C)c2ccccc2-c2cc3ccc4cccc5c4c3c(c21)n5-c1cc(-c2ccccc2)nc(-c2ccc(-c3ccccc3)cc2)n1. The summed E-state index contributed by atoms with van der Waals surface area (Å²) in [5.74, 6) is 1.58. The summed E-state index contributed by atoms with van der Waals surface area (Å²) in [4.78, 5) is 10.6. The molecular weight excluding hydrogens is 583 g/mol. The summed E-state index contributed by atoms with van der Waals surface area (Å²) in [6.07, 6.45) is 0. The number of hydrogen-bond donors (Lipinski definition) is 0. The first kappa shape index (κ1) is 27.1. The van der Waals surface area contributed by atoms with Crippen LogP contribution in [0.15, 0.2) is 152 Å². The topological polar surface area (TPSA) is 30.7 Å².